The molecule has 1 aromatic rings. The fourth-order valence-corrected chi connectivity index (χ4v) is 5.14. The Balaban J connectivity index is 1.34. The van der Waals surface area contributed by atoms with Crippen LogP contribution in [0.15, 0.2) is 12.1 Å². The second-order valence-corrected chi connectivity index (χ2v) is 10.9. The van der Waals surface area contributed by atoms with E-state index in [4.69, 9.17) is 4.74 Å². The Morgan fingerprint density at radius 1 is 1.03 bits per heavy atom. The number of piperidine rings is 1. The highest BCUT2D eigenvalue weighted by atomic mass is 19.1. The van der Waals surface area contributed by atoms with Gasteiger partial charge in [0.05, 0.1) is 16.8 Å². The van der Waals surface area contributed by atoms with Crippen molar-refractivity contribution in [1.82, 2.24) is 10.2 Å². The highest BCUT2D eigenvalue weighted by Gasteiger charge is 2.45. The van der Waals surface area contributed by atoms with Crippen LogP contribution < -0.4 is 10.6 Å². The van der Waals surface area contributed by atoms with Gasteiger partial charge in [0.25, 0.3) is 11.8 Å². The first-order valence-electron chi connectivity index (χ1n) is 12.4. The molecule has 1 saturated carbocycles. The molecule has 0 spiro atoms. The zero-order chi connectivity index (χ0) is 26.2. The minimum atomic E-state index is -1.09. The first-order valence-corrected chi connectivity index (χ1v) is 12.4. The highest BCUT2D eigenvalue weighted by Crippen LogP contribution is 2.34. The molecule has 4 amide bonds. The van der Waals surface area contributed by atoms with Gasteiger partial charge in [0, 0.05) is 19.4 Å². The second kappa shape index (κ2) is 9.99. The summed E-state index contributed by atoms with van der Waals surface area (Å²) in [6.45, 7) is 6.04. The molecule has 9 nitrogen and oxygen atoms in total. The Morgan fingerprint density at radius 2 is 1.64 bits per heavy atom. The number of fused-ring (bicyclic) bond motifs is 1. The number of anilines is 1. The van der Waals surface area contributed by atoms with E-state index in [-0.39, 0.29) is 47.5 Å². The monoisotopic (exact) mass is 501 g/mol. The summed E-state index contributed by atoms with van der Waals surface area (Å²) >= 11 is 0. The Labute approximate surface area is 209 Å². The molecule has 4 rings (SSSR count). The fourth-order valence-electron chi connectivity index (χ4n) is 5.14. The summed E-state index contributed by atoms with van der Waals surface area (Å²) in [6, 6.07) is 1.26. The van der Waals surface area contributed by atoms with Gasteiger partial charge in [0.2, 0.25) is 11.8 Å². The number of carbonyl (C=O) groups excluding carboxylic acids is 5. The number of amides is 4. The van der Waals surface area contributed by atoms with Crippen LogP contribution in [0.3, 0.4) is 0 Å². The molecule has 194 valence electrons. The molecule has 2 aliphatic heterocycles. The number of rotatable bonds is 6. The van der Waals surface area contributed by atoms with Crippen molar-refractivity contribution in [3.8, 4) is 0 Å². The molecule has 2 heterocycles. The molecule has 1 aliphatic carbocycles. The van der Waals surface area contributed by atoms with Crippen LogP contribution in [0.4, 0.5) is 10.1 Å². The average molecular weight is 502 g/mol. The maximum absolute atomic E-state index is 14.8. The molecule has 3 aliphatic rings. The van der Waals surface area contributed by atoms with Crippen LogP contribution in [0.2, 0.25) is 0 Å². The smallest absolute Gasteiger partial charge is 0.306 e. The third kappa shape index (κ3) is 5.57. The van der Waals surface area contributed by atoms with Gasteiger partial charge in [-0.2, -0.15) is 0 Å². The molecule has 10 heteroatoms. The highest BCUT2D eigenvalue weighted by molar-refractivity contribution is 6.23. The summed E-state index contributed by atoms with van der Waals surface area (Å²) in [5, 5.41) is 5.21. The van der Waals surface area contributed by atoms with Crippen LogP contribution in [0.1, 0.15) is 86.4 Å². The van der Waals surface area contributed by atoms with Crippen molar-refractivity contribution >= 4 is 35.3 Å². The predicted octanol–water partition coefficient (Wildman–Crippen LogP) is 3.18. The zero-order valence-corrected chi connectivity index (χ0v) is 20.8. The lowest BCUT2D eigenvalue weighted by Gasteiger charge is -2.29. The zero-order valence-electron chi connectivity index (χ0n) is 20.8. The van der Waals surface area contributed by atoms with Gasteiger partial charge in [-0.25, -0.2) is 4.39 Å². The molecule has 0 bridgehead atoms. The van der Waals surface area contributed by atoms with Crippen LogP contribution in [0.25, 0.3) is 0 Å². The number of hydrogen-bond acceptors (Lipinski definition) is 7. The van der Waals surface area contributed by atoms with E-state index < -0.39 is 41.1 Å². The number of imide groups is 2. The van der Waals surface area contributed by atoms with Crippen molar-refractivity contribution in [3.05, 3.63) is 29.1 Å². The van der Waals surface area contributed by atoms with Gasteiger partial charge in [-0.05, 0) is 76.8 Å². The van der Waals surface area contributed by atoms with Gasteiger partial charge < -0.3 is 10.1 Å². The van der Waals surface area contributed by atoms with Crippen LogP contribution >= 0.6 is 0 Å². The minimum absolute atomic E-state index is 0.0188. The molecule has 1 unspecified atom stereocenters. The van der Waals surface area contributed by atoms with Crippen LogP contribution in [-0.4, -0.2) is 52.7 Å². The first-order chi connectivity index (χ1) is 16.9. The molecular formula is C26H32FN3O6. The molecule has 1 saturated heterocycles. The fraction of sp³-hybridized carbons (Fsp3) is 0.577. The summed E-state index contributed by atoms with van der Waals surface area (Å²) < 4.78 is 20.2. The van der Waals surface area contributed by atoms with Gasteiger partial charge >= 0.3 is 5.97 Å². The topological polar surface area (TPSA) is 122 Å². The van der Waals surface area contributed by atoms with E-state index in [1.807, 2.05) is 20.8 Å². The molecule has 0 aromatic heterocycles. The van der Waals surface area contributed by atoms with E-state index in [2.05, 4.69) is 10.6 Å². The number of ether oxygens (including phenoxy) is 1. The molecular weight excluding hydrogens is 469 g/mol. The number of halogens is 1. The quantitative estimate of drug-likeness (QED) is 0.454. The number of nitrogens with one attached hydrogen (secondary N) is 2. The van der Waals surface area contributed by atoms with E-state index in [0.717, 1.165) is 36.6 Å². The Morgan fingerprint density at radius 3 is 2.25 bits per heavy atom. The number of hydrogen-bond donors (Lipinski definition) is 2. The lowest BCUT2D eigenvalue weighted by atomic mass is 9.80. The van der Waals surface area contributed by atoms with Crippen molar-refractivity contribution in [2.24, 2.45) is 11.8 Å². The molecule has 1 atom stereocenters. The summed E-state index contributed by atoms with van der Waals surface area (Å²) in [6.07, 6.45) is 3.99. The third-order valence-electron chi connectivity index (χ3n) is 6.95. The average Bonchev–Trinajstić information content (AvgIpc) is 3.01. The first kappa shape index (κ1) is 25.8. The molecule has 2 fully saturated rings. The number of benzene rings is 1. The Bertz CT molecular complexity index is 1100. The second-order valence-electron chi connectivity index (χ2n) is 10.9. The van der Waals surface area contributed by atoms with Crippen molar-refractivity contribution < 1.29 is 33.1 Å². The van der Waals surface area contributed by atoms with E-state index in [1.165, 1.54) is 6.07 Å². The summed E-state index contributed by atoms with van der Waals surface area (Å²) in [5.74, 6) is -2.85. The Kier molecular flexibility index (Phi) is 7.15. The van der Waals surface area contributed by atoms with Crippen LogP contribution in [0.5, 0.6) is 0 Å². The van der Waals surface area contributed by atoms with Gasteiger partial charge in [-0.1, -0.05) is 0 Å². The standard InChI is InChI=1S/C26H32FN3O6/c1-26(2,3)36-22(32)10-14-4-6-15(7-5-14)13-28-19-12-17-16(11-18(19)27)24(34)30(25(17)35)20-8-9-21(31)29-23(20)33/h11-12,14-15,20,28H,4-10,13H2,1-3H3,(H,29,31,33). The maximum Gasteiger partial charge on any atom is 0.306 e. The van der Waals surface area contributed by atoms with Crippen LogP contribution in [0, 0.1) is 17.7 Å². The Hall–Kier alpha value is -3.30. The van der Waals surface area contributed by atoms with Crippen molar-refractivity contribution in [3.63, 3.8) is 0 Å². The van der Waals surface area contributed by atoms with E-state index in [1.54, 1.807) is 0 Å². The number of carbonyl (C=O) groups is 5. The lowest BCUT2D eigenvalue weighted by Crippen LogP contribution is -2.54. The van der Waals surface area contributed by atoms with Crippen molar-refractivity contribution in [1.29, 1.82) is 0 Å². The van der Waals surface area contributed by atoms with Gasteiger partial charge in [-0.15, -0.1) is 0 Å². The third-order valence-corrected chi connectivity index (χ3v) is 6.95. The largest absolute Gasteiger partial charge is 0.460 e. The summed E-state index contributed by atoms with van der Waals surface area (Å²) in [4.78, 5) is 62.3. The SMILES string of the molecule is CC(C)(C)OC(=O)CC1CCC(CNc2cc3c(cc2F)C(=O)N(C2CCC(=O)NC2=O)C3=O)CC1. The van der Waals surface area contributed by atoms with Crippen molar-refractivity contribution in [2.45, 2.75) is 77.4 Å². The molecule has 1 aromatic carbocycles. The van der Waals surface area contributed by atoms with Crippen LogP contribution in [-0.2, 0) is 19.1 Å². The predicted molar refractivity (Wildman–Crippen MR) is 127 cm³/mol. The molecule has 2 N–H and O–H groups in total. The van der Waals surface area contributed by atoms with E-state index in [0.29, 0.717) is 13.0 Å². The molecule has 0 radical (unpaired) electrons. The molecule has 36 heavy (non-hydrogen) atoms. The van der Waals surface area contributed by atoms with E-state index in [9.17, 15) is 28.4 Å². The number of nitrogens with zero attached hydrogens (tertiary/aromatic N) is 1. The van der Waals surface area contributed by atoms with Gasteiger partial charge in [-0.3, -0.25) is 34.2 Å². The van der Waals surface area contributed by atoms with Crippen molar-refractivity contribution in [2.75, 3.05) is 11.9 Å². The number of esters is 1. The minimum Gasteiger partial charge on any atom is -0.460 e. The maximum atomic E-state index is 14.8. The van der Waals surface area contributed by atoms with Gasteiger partial charge in [0.1, 0.15) is 17.5 Å². The van der Waals surface area contributed by atoms with Gasteiger partial charge in [0.15, 0.2) is 0 Å². The summed E-state index contributed by atoms with van der Waals surface area (Å²) in [5.41, 5.74) is -0.427. The van der Waals surface area contributed by atoms with E-state index >= 15 is 0 Å². The normalized spacial score (nSPS) is 24.4. The summed E-state index contributed by atoms with van der Waals surface area (Å²) in [7, 11) is 0. The lowest BCUT2D eigenvalue weighted by molar-refractivity contribution is -0.156.